The molecule has 168 valence electrons. The van der Waals surface area contributed by atoms with E-state index in [2.05, 4.69) is 10.2 Å². The first-order chi connectivity index (χ1) is 14.9. The lowest BCUT2D eigenvalue weighted by Crippen LogP contribution is -2.56. The molecule has 1 aliphatic carbocycles. The van der Waals surface area contributed by atoms with Gasteiger partial charge in [-0.2, -0.15) is 0 Å². The number of nitrogens with one attached hydrogen (secondary N) is 1. The molecule has 0 bridgehead atoms. The summed E-state index contributed by atoms with van der Waals surface area (Å²) in [5, 5.41) is 3.40. The molecule has 31 heavy (non-hydrogen) atoms. The molecule has 0 radical (unpaired) electrons. The third-order valence-electron chi connectivity index (χ3n) is 8.38. The molecule has 4 fully saturated rings. The Bertz CT molecular complexity index is 822. The number of likely N-dealkylation sites (tertiary alicyclic amines) is 2. The van der Waals surface area contributed by atoms with Gasteiger partial charge in [-0.1, -0.05) is 12.8 Å². The van der Waals surface area contributed by atoms with Crippen LogP contribution in [0.5, 0.6) is 0 Å². The zero-order chi connectivity index (χ0) is 21.6. The van der Waals surface area contributed by atoms with Gasteiger partial charge < -0.3 is 20.0 Å². The highest BCUT2D eigenvalue weighted by atomic mass is 16.2. The Morgan fingerprint density at radius 3 is 2.42 bits per heavy atom. The van der Waals surface area contributed by atoms with Crippen LogP contribution < -0.4 is 10.2 Å². The Kier molecular flexibility index (Phi) is 5.45. The molecule has 2 amide bonds. The van der Waals surface area contributed by atoms with Crippen molar-refractivity contribution < 1.29 is 9.59 Å². The Morgan fingerprint density at radius 1 is 1.10 bits per heavy atom. The second kappa shape index (κ2) is 8.12. The summed E-state index contributed by atoms with van der Waals surface area (Å²) in [7, 11) is 4.00. The van der Waals surface area contributed by atoms with E-state index in [0.29, 0.717) is 5.92 Å². The van der Waals surface area contributed by atoms with Crippen molar-refractivity contribution in [2.45, 2.75) is 44.1 Å². The number of piperidine rings is 1. The first-order valence-electron chi connectivity index (χ1n) is 12.1. The molecule has 0 aromatic heterocycles. The van der Waals surface area contributed by atoms with E-state index in [4.69, 9.17) is 0 Å². The van der Waals surface area contributed by atoms with Crippen LogP contribution in [0.25, 0.3) is 0 Å². The number of carbonyl (C=O) groups excluding carboxylic acids is 2. The number of benzene rings is 1. The minimum atomic E-state index is -0.113. The third kappa shape index (κ3) is 3.84. The smallest absolute Gasteiger partial charge is 0.253 e. The van der Waals surface area contributed by atoms with Crippen LogP contribution in [-0.2, 0) is 4.79 Å². The molecule has 5 rings (SSSR count). The molecular weight excluding hydrogens is 388 g/mol. The average Bonchev–Trinajstić information content (AvgIpc) is 3.49. The van der Waals surface area contributed by atoms with Crippen LogP contribution in [0.4, 0.5) is 5.69 Å². The Morgan fingerprint density at radius 2 is 1.77 bits per heavy atom. The summed E-state index contributed by atoms with van der Waals surface area (Å²) in [6, 6.07) is 7.84. The molecular formula is C25H36N4O2. The van der Waals surface area contributed by atoms with E-state index in [1.165, 1.54) is 32.2 Å². The molecule has 1 saturated carbocycles. The third-order valence-corrected chi connectivity index (χ3v) is 8.38. The minimum Gasteiger partial charge on any atom is -0.378 e. The number of carbonyl (C=O) groups is 2. The van der Waals surface area contributed by atoms with Crippen LogP contribution in [0.1, 0.15) is 48.9 Å². The number of hydrogen-bond donors (Lipinski definition) is 1. The molecule has 6 heteroatoms. The number of amides is 2. The van der Waals surface area contributed by atoms with Crippen LogP contribution in [-0.4, -0.2) is 74.0 Å². The standard InChI is InChI=1S/C25H36N4O2/c1-27(2)20-9-7-19(8-10-20)24(31)29-13-11-25(12-14-29)22-17-28(15-18-5-3-4-6-18)16-21(22)23(30)26-25/h7-10,18,21-22H,3-6,11-17H2,1-2H3,(H,26,30)/t21-,22+/m1/s1. The fraction of sp³-hybridized carbons (Fsp3) is 0.680. The molecule has 1 aromatic carbocycles. The number of anilines is 1. The average molecular weight is 425 g/mol. The predicted molar refractivity (Wildman–Crippen MR) is 122 cm³/mol. The summed E-state index contributed by atoms with van der Waals surface area (Å²) in [6.45, 7) is 4.58. The molecule has 4 aliphatic rings. The molecule has 1 N–H and O–H groups in total. The molecule has 6 nitrogen and oxygen atoms in total. The number of rotatable bonds is 4. The van der Waals surface area contributed by atoms with E-state index in [1.807, 2.05) is 48.2 Å². The minimum absolute atomic E-state index is 0.107. The fourth-order valence-corrected chi connectivity index (χ4v) is 6.54. The molecule has 2 atom stereocenters. The lowest BCUT2D eigenvalue weighted by molar-refractivity contribution is -0.123. The first kappa shape index (κ1) is 20.8. The quantitative estimate of drug-likeness (QED) is 0.807. The van der Waals surface area contributed by atoms with Crippen molar-refractivity contribution in [2.24, 2.45) is 17.8 Å². The molecule has 3 saturated heterocycles. The molecule has 3 aliphatic heterocycles. The first-order valence-corrected chi connectivity index (χ1v) is 12.1. The molecule has 1 spiro atoms. The van der Waals surface area contributed by atoms with Crippen LogP contribution >= 0.6 is 0 Å². The maximum atomic E-state index is 13.0. The largest absolute Gasteiger partial charge is 0.378 e. The summed E-state index contributed by atoms with van der Waals surface area (Å²) < 4.78 is 0. The highest BCUT2D eigenvalue weighted by Gasteiger charge is 2.57. The number of nitrogens with zero attached hydrogens (tertiary/aromatic N) is 3. The summed E-state index contributed by atoms with van der Waals surface area (Å²) in [5.41, 5.74) is 1.73. The van der Waals surface area contributed by atoms with Crippen molar-refractivity contribution in [3.05, 3.63) is 29.8 Å². The van der Waals surface area contributed by atoms with E-state index >= 15 is 0 Å². The van der Waals surface area contributed by atoms with Crippen molar-refractivity contribution in [3.63, 3.8) is 0 Å². The summed E-state index contributed by atoms with van der Waals surface area (Å²) in [4.78, 5) is 32.4. The number of fused-ring (bicyclic) bond motifs is 2. The van der Waals surface area contributed by atoms with Gasteiger partial charge in [-0.15, -0.1) is 0 Å². The van der Waals surface area contributed by atoms with Crippen LogP contribution in [0, 0.1) is 17.8 Å². The second-order valence-electron chi connectivity index (χ2n) is 10.5. The highest BCUT2D eigenvalue weighted by molar-refractivity contribution is 5.94. The zero-order valence-corrected chi connectivity index (χ0v) is 19.0. The maximum Gasteiger partial charge on any atom is 0.253 e. The fourth-order valence-electron chi connectivity index (χ4n) is 6.54. The Labute approximate surface area is 185 Å². The van der Waals surface area contributed by atoms with Crippen molar-refractivity contribution in [2.75, 3.05) is 51.7 Å². The van der Waals surface area contributed by atoms with E-state index in [9.17, 15) is 9.59 Å². The van der Waals surface area contributed by atoms with E-state index in [-0.39, 0.29) is 23.3 Å². The van der Waals surface area contributed by atoms with Crippen LogP contribution in [0.15, 0.2) is 24.3 Å². The van der Waals surface area contributed by atoms with Crippen molar-refractivity contribution in [1.29, 1.82) is 0 Å². The normalized spacial score (nSPS) is 28.2. The second-order valence-corrected chi connectivity index (χ2v) is 10.5. The van der Waals surface area contributed by atoms with Gasteiger partial charge in [0.1, 0.15) is 0 Å². The maximum absolute atomic E-state index is 13.0. The lowest BCUT2D eigenvalue weighted by Gasteiger charge is -2.43. The van der Waals surface area contributed by atoms with Gasteiger partial charge >= 0.3 is 0 Å². The van der Waals surface area contributed by atoms with Gasteiger partial charge in [-0.3, -0.25) is 9.59 Å². The summed E-state index contributed by atoms with van der Waals surface area (Å²) in [5.74, 6) is 1.73. The van der Waals surface area contributed by atoms with E-state index in [0.717, 1.165) is 56.2 Å². The SMILES string of the molecule is CN(C)c1ccc(C(=O)N2CCC3(CC2)NC(=O)[C@@H]2CN(CC4CCCC4)C[C@@H]23)cc1. The van der Waals surface area contributed by atoms with Gasteiger partial charge in [0, 0.05) is 69.5 Å². The van der Waals surface area contributed by atoms with Gasteiger partial charge in [0.15, 0.2) is 0 Å². The van der Waals surface area contributed by atoms with Crippen LogP contribution in [0.2, 0.25) is 0 Å². The van der Waals surface area contributed by atoms with Crippen LogP contribution in [0.3, 0.4) is 0 Å². The summed E-state index contributed by atoms with van der Waals surface area (Å²) in [6.07, 6.45) is 7.21. The van der Waals surface area contributed by atoms with Gasteiger partial charge in [-0.05, 0) is 55.9 Å². The lowest BCUT2D eigenvalue weighted by atomic mass is 9.75. The molecule has 1 aromatic rings. The van der Waals surface area contributed by atoms with Gasteiger partial charge in [0.25, 0.3) is 5.91 Å². The topological polar surface area (TPSA) is 55.9 Å². The number of hydrogen-bond acceptors (Lipinski definition) is 4. The van der Waals surface area contributed by atoms with Crippen molar-refractivity contribution >= 4 is 17.5 Å². The predicted octanol–water partition coefficient (Wildman–Crippen LogP) is 2.60. The van der Waals surface area contributed by atoms with E-state index < -0.39 is 0 Å². The monoisotopic (exact) mass is 424 g/mol. The summed E-state index contributed by atoms with van der Waals surface area (Å²) >= 11 is 0. The Hall–Kier alpha value is -2.08. The van der Waals surface area contributed by atoms with Gasteiger partial charge in [0.2, 0.25) is 5.91 Å². The molecule has 0 unspecified atom stereocenters. The van der Waals surface area contributed by atoms with Gasteiger partial charge in [0.05, 0.1) is 5.92 Å². The highest BCUT2D eigenvalue weighted by Crippen LogP contribution is 2.44. The van der Waals surface area contributed by atoms with Crippen molar-refractivity contribution in [1.82, 2.24) is 15.1 Å². The van der Waals surface area contributed by atoms with Gasteiger partial charge in [-0.25, -0.2) is 0 Å². The van der Waals surface area contributed by atoms with E-state index in [1.54, 1.807) is 0 Å². The Balaban J connectivity index is 1.22. The van der Waals surface area contributed by atoms with Crippen molar-refractivity contribution in [3.8, 4) is 0 Å². The molecule has 3 heterocycles. The zero-order valence-electron chi connectivity index (χ0n) is 19.0.